The molecule has 2 N–H and O–H groups in total. The van der Waals surface area contributed by atoms with E-state index in [1.807, 2.05) is 26.0 Å². The molecule has 0 unspecified atom stereocenters. The number of aromatic nitrogens is 3. The Kier molecular flexibility index (Phi) is 3.49. The van der Waals surface area contributed by atoms with Gasteiger partial charge in [-0.2, -0.15) is 0 Å². The lowest BCUT2D eigenvalue weighted by molar-refractivity contribution is 1.02. The summed E-state index contributed by atoms with van der Waals surface area (Å²) in [5, 5.41) is 1.95. The second-order valence-electron chi connectivity index (χ2n) is 3.61. The number of nitrogens with two attached hydrogens (primary N) is 1. The normalized spacial score (nSPS) is 10.5. The molecule has 0 saturated heterocycles. The number of halogens is 1. The van der Waals surface area contributed by atoms with Crippen molar-refractivity contribution < 1.29 is 0 Å². The molecule has 0 aliphatic heterocycles. The van der Waals surface area contributed by atoms with Crippen LogP contribution in [0.5, 0.6) is 0 Å². The van der Waals surface area contributed by atoms with Gasteiger partial charge < -0.3 is 5.73 Å². The minimum Gasteiger partial charge on any atom is -0.368 e. The van der Waals surface area contributed by atoms with Crippen LogP contribution in [-0.2, 0) is 0 Å². The number of hydrogen-bond acceptors (Lipinski definition) is 5. The lowest BCUT2D eigenvalue weighted by Gasteiger charge is -2.05. The fourth-order valence-corrected chi connectivity index (χ4v) is 2.52. The molecule has 0 amide bonds. The van der Waals surface area contributed by atoms with Gasteiger partial charge in [0, 0.05) is 5.69 Å². The van der Waals surface area contributed by atoms with Crippen LogP contribution in [-0.4, -0.2) is 15.0 Å². The molecule has 2 aromatic rings. The minimum absolute atomic E-state index is 0.210. The standard InChI is InChI=1S/C11H11ClN4S/c1-6-3-7(2)15-9(4-6)17-10-8(12)5-14-11(13)16-10/h3-5H,1-2H3,(H2,13,14,16). The molecular formula is C11H11ClN4S. The molecule has 0 aliphatic rings. The van der Waals surface area contributed by atoms with Crippen molar-refractivity contribution in [3.63, 3.8) is 0 Å². The summed E-state index contributed by atoms with van der Waals surface area (Å²) < 4.78 is 0. The maximum Gasteiger partial charge on any atom is 0.221 e. The average Bonchev–Trinajstić information content (AvgIpc) is 2.22. The van der Waals surface area contributed by atoms with Crippen molar-refractivity contribution in [3.05, 3.63) is 34.6 Å². The highest BCUT2D eigenvalue weighted by atomic mass is 35.5. The first-order chi connectivity index (χ1) is 8.04. The zero-order chi connectivity index (χ0) is 12.4. The van der Waals surface area contributed by atoms with Gasteiger partial charge >= 0.3 is 0 Å². The van der Waals surface area contributed by atoms with Gasteiger partial charge in [-0.15, -0.1) is 0 Å². The Morgan fingerprint density at radius 1 is 1.24 bits per heavy atom. The summed E-state index contributed by atoms with van der Waals surface area (Å²) in [6, 6.07) is 3.99. The highest BCUT2D eigenvalue weighted by Gasteiger charge is 2.07. The lowest BCUT2D eigenvalue weighted by Crippen LogP contribution is -1.96. The Morgan fingerprint density at radius 2 is 2.00 bits per heavy atom. The molecule has 0 fully saturated rings. The van der Waals surface area contributed by atoms with E-state index in [1.165, 1.54) is 18.0 Å². The highest BCUT2D eigenvalue weighted by molar-refractivity contribution is 7.99. The molecule has 0 aliphatic carbocycles. The molecule has 0 radical (unpaired) electrons. The van der Waals surface area contributed by atoms with Crippen molar-refractivity contribution in [1.29, 1.82) is 0 Å². The van der Waals surface area contributed by atoms with Crippen LogP contribution < -0.4 is 5.73 Å². The van der Waals surface area contributed by atoms with E-state index in [2.05, 4.69) is 15.0 Å². The molecular weight excluding hydrogens is 256 g/mol. The summed E-state index contributed by atoms with van der Waals surface area (Å²) in [4.78, 5) is 12.3. The van der Waals surface area contributed by atoms with Gasteiger partial charge in [0.1, 0.15) is 10.1 Å². The Balaban J connectivity index is 2.34. The Hall–Kier alpha value is -1.33. The van der Waals surface area contributed by atoms with Crippen molar-refractivity contribution in [2.24, 2.45) is 0 Å². The zero-order valence-electron chi connectivity index (χ0n) is 9.44. The molecule has 4 nitrogen and oxygen atoms in total. The summed E-state index contributed by atoms with van der Waals surface area (Å²) in [5.74, 6) is 0.210. The smallest absolute Gasteiger partial charge is 0.221 e. The zero-order valence-corrected chi connectivity index (χ0v) is 11.0. The van der Waals surface area contributed by atoms with Crippen LogP contribution in [0.3, 0.4) is 0 Å². The van der Waals surface area contributed by atoms with E-state index < -0.39 is 0 Å². The van der Waals surface area contributed by atoms with E-state index in [-0.39, 0.29) is 5.95 Å². The Morgan fingerprint density at radius 3 is 2.71 bits per heavy atom. The third kappa shape index (κ3) is 3.08. The van der Waals surface area contributed by atoms with E-state index in [1.54, 1.807) is 0 Å². The van der Waals surface area contributed by atoms with Gasteiger partial charge in [0.05, 0.1) is 11.2 Å². The van der Waals surface area contributed by atoms with E-state index in [0.29, 0.717) is 10.0 Å². The molecule has 2 heterocycles. The molecule has 88 valence electrons. The number of aryl methyl sites for hydroxylation is 2. The van der Waals surface area contributed by atoms with Gasteiger partial charge in [-0.25, -0.2) is 15.0 Å². The fraction of sp³-hybridized carbons (Fsp3) is 0.182. The van der Waals surface area contributed by atoms with Gasteiger partial charge in [0.15, 0.2) is 0 Å². The van der Waals surface area contributed by atoms with Gasteiger partial charge in [-0.05, 0) is 43.3 Å². The van der Waals surface area contributed by atoms with Crippen LogP contribution in [0, 0.1) is 13.8 Å². The SMILES string of the molecule is Cc1cc(C)nc(Sc2nc(N)ncc2Cl)c1. The van der Waals surface area contributed by atoms with Gasteiger partial charge in [0.25, 0.3) is 0 Å². The number of nitrogen functional groups attached to an aromatic ring is 1. The topological polar surface area (TPSA) is 64.7 Å². The predicted molar refractivity (Wildman–Crippen MR) is 69.3 cm³/mol. The predicted octanol–water partition coefficient (Wildman–Crippen LogP) is 2.88. The monoisotopic (exact) mass is 266 g/mol. The largest absolute Gasteiger partial charge is 0.368 e. The summed E-state index contributed by atoms with van der Waals surface area (Å²) in [6.07, 6.45) is 1.49. The van der Waals surface area contributed by atoms with Crippen molar-refractivity contribution in [3.8, 4) is 0 Å². The van der Waals surface area contributed by atoms with Gasteiger partial charge in [-0.3, -0.25) is 0 Å². The third-order valence-corrected chi connectivity index (χ3v) is 3.32. The van der Waals surface area contributed by atoms with Crippen LogP contribution in [0.4, 0.5) is 5.95 Å². The van der Waals surface area contributed by atoms with Gasteiger partial charge in [-0.1, -0.05) is 11.6 Å². The summed E-state index contributed by atoms with van der Waals surface area (Å²) >= 11 is 7.38. The number of pyridine rings is 1. The Labute approximate surface area is 109 Å². The van der Waals surface area contributed by atoms with Crippen LogP contribution in [0.15, 0.2) is 28.4 Å². The quantitative estimate of drug-likeness (QED) is 0.847. The number of anilines is 1. The first-order valence-corrected chi connectivity index (χ1v) is 6.15. The molecule has 2 rings (SSSR count). The summed E-state index contributed by atoms with van der Waals surface area (Å²) in [5.41, 5.74) is 7.64. The molecule has 0 bridgehead atoms. The second kappa shape index (κ2) is 4.89. The van der Waals surface area contributed by atoms with E-state index >= 15 is 0 Å². The van der Waals surface area contributed by atoms with Crippen molar-refractivity contribution in [2.75, 3.05) is 5.73 Å². The van der Waals surface area contributed by atoms with Crippen molar-refractivity contribution in [1.82, 2.24) is 15.0 Å². The van der Waals surface area contributed by atoms with Gasteiger partial charge in [0.2, 0.25) is 5.95 Å². The van der Waals surface area contributed by atoms with E-state index in [9.17, 15) is 0 Å². The fourth-order valence-electron chi connectivity index (χ4n) is 1.39. The maximum atomic E-state index is 6.00. The molecule has 6 heteroatoms. The first kappa shape index (κ1) is 12.1. The summed E-state index contributed by atoms with van der Waals surface area (Å²) in [7, 11) is 0. The van der Waals surface area contributed by atoms with E-state index in [0.717, 1.165) is 16.3 Å². The van der Waals surface area contributed by atoms with Crippen molar-refractivity contribution in [2.45, 2.75) is 23.9 Å². The second-order valence-corrected chi connectivity index (χ2v) is 5.02. The highest BCUT2D eigenvalue weighted by Crippen LogP contribution is 2.30. The van der Waals surface area contributed by atoms with Crippen LogP contribution >= 0.6 is 23.4 Å². The van der Waals surface area contributed by atoms with Crippen LogP contribution in [0.1, 0.15) is 11.3 Å². The molecule has 0 spiro atoms. The maximum absolute atomic E-state index is 6.00. The third-order valence-electron chi connectivity index (χ3n) is 2.01. The molecule has 0 aromatic carbocycles. The first-order valence-electron chi connectivity index (χ1n) is 4.96. The minimum atomic E-state index is 0.210. The molecule has 2 aromatic heterocycles. The lowest BCUT2D eigenvalue weighted by atomic mass is 10.3. The molecule has 0 atom stereocenters. The van der Waals surface area contributed by atoms with Crippen LogP contribution in [0.2, 0.25) is 5.02 Å². The molecule has 0 saturated carbocycles. The number of rotatable bonds is 2. The number of hydrogen-bond donors (Lipinski definition) is 1. The number of nitrogens with zero attached hydrogens (tertiary/aromatic N) is 3. The van der Waals surface area contributed by atoms with Crippen molar-refractivity contribution >= 4 is 29.3 Å². The van der Waals surface area contributed by atoms with Crippen LogP contribution in [0.25, 0.3) is 0 Å². The Bertz CT molecular complexity index is 539. The van der Waals surface area contributed by atoms with E-state index in [4.69, 9.17) is 17.3 Å². The molecule has 17 heavy (non-hydrogen) atoms. The summed E-state index contributed by atoms with van der Waals surface area (Å²) in [6.45, 7) is 3.97. The average molecular weight is 267 g/mol.